The van der Waals surface area contributed by atoms with Crippen LogP contribution >= 0.6 is 0 Å². The third kappa shape index (κ3) is 2.63. The van der Waals surface area contributed by atoms with Crippen LogP contribution in [0, 0.1) is 6.92 Å². The Hall–Kier alpha value is -2.30. The maximum atomic E-state index is 11.9. The summed E-state index contributed by atoms with van der Waals surface area (Å²) in [4.78, 5) is 11.9. The monoisotopic (exact) mass is 230 g/mol. The lowest BCUT2D eigenvalue weighted by Gasteiger charge is -2.18. The smallest absolute Gasteiger partial charge is 0.292 e. The van der Waals surface area contributed by atoms with Crippen molar-refractivity contribution >= 4 is 11.6 Å². The zero-order valence-electron chi connectivity index (χ0n) is 9.77. The molecule has 1 amide bonds. The third-order valence-corrected chi connectivity index (χ3v) is 2.30. The van der Waals surface area contributed by atoms with Crippen molar-refractivity contribution in [2.24, 2.45) is 0 Å². The molecule has 0 aliphatic carbocycles. The maximum absolute atomic E-state index is 11.9. The van der Waals surface area contributed by atoms with Crippen molar-refractivity contribution in [2.45, 2.75) is 6.92 Å². The zero-order valence-corrected chi connectivity index (χ0v) is 9.77. The molecular weight excluding hydrogens is 216 g/mol. The largest absolute Gasteiger partial charge is 0.296 e. The molecule has 5 nitrogen and oxygen atoms in total. The predicted molar refractivity (Wildman–Crippen MR) is 65.5 cm³/mol. The van der Waals surface area contributed by atoms with Crippen molar-refractivity contribution in [1.82, 2.24) is 15.2 Å². The lowest BCUT2D eigenvalue weighted by Crippen LogP contribution is -2.32. The molecule has 0 bridgehead atoms. The first kappa shape index (κ1) is 11.2. The van der Waals surface area contributed by atoms with Crippen LogP contribution in [0.2, 0.25) is 0 Å². The molecular formula is C12H14N4O. The SMILES string of the molecule is Cc1cc(C(=O)N(C)Nc2ccccc2)n[nH]1. The van der Waals surface area contributed by atoms with Crippen molar-refractivity contribution in [3.8, 4) is 0 Å². The van der Waals surface area contributed by atoms with Gasteiger partial charge in [-0.05, 0) is 25.1 Å². The summed E-state index contributed by atoms with van der Waals surface area (Å²) in [5.41, 5.74) is 5.10. The Morgan fingerprint density at radius 3 is 2.65 bits per heavy atom. The summed E-state index contributed by atoms with van der Waals surface area (Å²) in [6, 6.07) is 11.2. The number of aromatic nitrogens is 2. The van der Waals surface area contributed by atoms with Gasteiger partial charge in [0.05, 0.1) is 5.69 Å². The standard InChI is InChI=1S/C12H14N4O/c1-9-8-11(14-13-9)12(17)16(2)15-10-6-4-3-5-7-10/h3-8,15H,1-2H3,(H,13,14). The van der Waals surface area contributed by atoms with Crippen molar-refractivity contribution in [1.29, 1.82) is 0 Å². The molecule has 2 N–H and O–H groups in total. The summed E-state index contributed by atoms with van der Waals surface area (Å²) in [5.74, 6) is -0.182. The maximum Gasteiger partial charge on any atom is 0.292 e. The van der Waals surface area contributed by atoms with Crippen LogP contribution in [0.4, 0.5) is 5.69 Å². The number of H-pyrrole nitrogens is 1. The molecule has 5 heteroatoms. The number of aromatic amines is 1. The third-order valence-electron chi connectivity index (χ3n) is 2.30. The molecule has 88 valence electrons. The van der Waals surface area contributed by atoms with Crippen LogP contribution in [0.25, 0.3) is 0 Å². The molecule has 0 saturated carbocycles. The summed E-state index contributed by atoms with van der Waals surface area (Å²) in [7, 11) is 1.67. The first-order valence-corrected chi connectivity index (χ1v) is 5.28. The normalized spacial score (nSPS) is 10.0. The topological polar surface area (TPSA) is 61.0 Å². The number of nitrogens with zero attached hydrogens (tertiary/aromatic N) is 2. The Kier molecular flexibility index (Phi) is 3.09. The zero-order chi connectivity index (χ0) is 12.3. The summed E-state index contributed by atoms with van der Waals surface area (Å²) in [5, 5.41) is 8.07. The molecule has 0 unspecified atom stereocenters. The van der Waals surface area contributed by atoms with Gasteiger partial charge < -0.3 is 0 Å². The molecule has 0 aliphatic rings. The average molecular weight is 230 g/mol. The fourth-order valence-electron chi connectivity index (χ4n) is 1.46. The van der Waals surface area contributed by atoms with Gasteiger partial charge in [-0.3, -0.25) is 20.3 Å². The Labute approximate surface area is 99.4 Å². The van der Waals surface area contributed by atoms with Gasteiger partial charge in [-0.1, -0.05) is 18.2 Å². The van der Waals surface area contributed by atoms with Crippen LogP contribution in [0.15, 0.2) is 36.4 Å². The molecule has 0 atom stereocenters. The average Bonchev–Trinajstić information content (AvgIpc) is 2.76. The highest BCUT2D eigenvalue weighted by atomic mass is 16.2. The van der Waals surface area contributed by atoms with E-state index in [1.165, 1.54) is 5.01 Å². The highest BCUT2D eigenvalue weighted by molar-refractivity contribution is 5.92. The predicted octanol–water partition coefficient (Wildman–Crippen LogP) is 1.82. The summed E-state index contributed by atoms with van der Waals surface area (Å²) in [6.07, 6.45) is 0. The van der Waals surface area contributed by atoms with Gasteiger partial charge in [0.25, 0.3) is 5.91 Å². The fourth-order valence-corrected chi connectivity index (χ4v) is 1.46. The lowest BCUT2D eigenvalue weighted by atomic mass is 10.3. The molecule has 2 aromatic rings. The molecule has 17 heavy (non-hydrogen) atoms. The summed E-state index contributed by atoms with van der Waals surface area (Å²) >= 11 is 0. The van der Waals surface area contributed by atoms with E-state index >= 15 is 0 Å². The van der Waals surface area contributed by atoms with E-state index in [0.717, 1.165) is 11.4 Å². The lowest BCUT2D eigenvalue weighted by molar-refractivity contribution is 0.0820. The van der Waals surface area contributed by atoms with Crippen LogP contribution in [-0.2, 0) is 0 Å². The number of hydrogen-bond acceptors (Lipinski definition) is 3. The minimum absolute atomic E-state index is 0.182. The van der Waals surface area contributed by atoms with Gasteiger partial charge in [0, 0.05) is 12.7 Å². The van der Waals surface area contributed by atoms with E-state index < -0.39 is 0 Å². The second kappa shape index (κ2) is 4.69. The van der Waals surface area contributed by atoms with Gasteiger partial charge in [-0.2, -0.15) is 5.10 Å². The van der Waals surface area contributed by atoms with E-state index in [4.69, 9.17) is 0 Å². The van der Waals surface area contributed by atoms with Crippen molar-refractivity contribution < 1.29 is 4.79 Å². The van der Waals surface area contributed by atoms with Crippen LogP contribution in [0.5, 0.6) is 0 Å². The number of anilines is 1. The van der Waals surface area contributed by atoms with E-state index in [2.05, 4.69) is 15.6 Å². The molecule has 1 heterocycles. The highest BCUT2D eigenvalue weighted by Gasteiger charge is 2.14. The number of hydrogen-bond donors (Lipinski definition) is 2. The highest BCUT2D eigenvalue weighted by Crippen LogP contribution is 2.08. The van der Waals surface area contributed by atoms with Crippen LogP contribution in [0.1, 0.15) is 16.2 Å². The van der Waals surface area contributed by atoms with Crippen LogP contribution in [-0.4, -0.2) is 28.2 Å². The molecule has 0 fully saturated rings. The molecule has 0 spiro atoms. The number of carbonyl (C=O) groups is 1. The Balaban J connectivity index is 2.06. The van der Waals surface area contributed by atoms with Crippen LogP contribution in [0.3, 0.4) is 0 Å². The Morgan fingerprint density at radius 2 is 2.06 bits per heavy atom. The number of rotatable bonds is 3. The second-order valence-corrected chi connectivity index (χ2v) is 3.78. The van der Waals surface area contributed by atoms with E-state index in [9.17, 15) is 4.79 Å². The van der Waals surface area contributed by atoms with E-state index in [-0.39, 0.29) is 5.91 Å². The van der Waals surface area contributed by atoms with Crippen molar-refractivity contribution in [3.05, 3.63) is 47.8 Å². The quantitative estimate of drug-likeness (QED) is 0.791. The first-order chi connectivity index (χ1) is 8.16. The molecule has 1 aromatic carbocycles. The first-order valence-electron chi connectivity index (χ1n) is 5.28. The minimum atomic E-state index is -0.182. The van der Waals surface area contributed by atoms with E-state index in [1.54, 1.807) is 13.1 Å². The number of amides is 1. The molecule has 0 saturated heterocycles. The number of carbonyl (C=O) groups excluding carboxylic acids is 1. The van der Waals surface area contributed by atoms with Crippen molar-refractivity contribution in [2.75, 3.05) is 12.5 Å². The van der Waals surface area contributed by atoms with Crippen molar-refractivity contribution in [3.63, 3.8) is 0 Å². The van der Waals surface area contributed by atoms with Gasteiger partial charge in [0.2, 0.25) is 0 Å². The Bertz CT molecular complexity index is 506. The molecule has 0 radical (unpaired) electrons. The van der Waals surface area contributed by atoms with Gasteiger partial charge >= 0.3 is 0 Å². The fraction of sp³-hybridized carbons (Fsp3) is 0.167. The number of aryl methyl sites for hydroxylation is 1. The summed E-state index contributed by atoms with van der Waals surface area (Å²) < 4.78 is 0. The van der Waals surface area contributed by atoms with E-state index in [0.29, 0.717) is 5.69 Å². The summed E-state index contributed by atoms with van der Waals surface area (Å²) in [6.45, 7) is 1.86. The minimum Gasteiger partial charge on any atom is -0.296 e. The number of hydrazine groups is 1. The molecule has 1 aromatic heterocycles. The Morgan fingerprint density at radius 1 is 1.35 bits per heavy atom. The number of para-hydroxylation sites is 1. The van der Waals surface area contributed by atoms with E-state index in [1.807, 2.05) is 37.3 Å². The molecule has 0 aliphatic heterocycles. The van der Waals surface area contributed by atoms with Crippen LogP contribution < -0.4 is 5.43 Å². The van der Waals surface area contributed by atoms with Gasteiger partial charge in [-0.25, -0.2) is 0 Å². The van der Waals surface area contributed by atoms with Gasteiger partial charge in [-0.15, -0.1) is 0 Å². The van der Waals surface area contributed by atoms with Gasteiger partial charge in [0.1, 0.15) is 0 Å². The molecule has 2 rings (SSSR count). The second-order valence-electron chi connectivity index (χ2n) is 3.78. The number of nitrogens with one attached hydrogen (secondary N) is 2. The van der Waals surface area contributed by atoms with Gasteiger partial charge in [0.15, 0.2) is 5.69 Å². The number of benzene rings is 1.